The zero-order valence-electron chi connectivity index (χ0n) is 11.3. The van der Waals surface area contributed by atoms with E-state index in [1.807, 2.05) is 0 Å². The molecule has 1 aromatic carbocycles. The van der Waals surface area contributed by atoms with Gasteiger partial charge in [0.25, 0.3) is 0 Å². The molecular weight excluding hydrogens is 249 g/mol. The molecule has 0 aromatic heterocycles. The standard InChI is InChI=1S/C12H17BNO5/c1-12(2)7-18-13(19-8-12)10-5-4-9(14(15)16)6-11(10)17-3/h4-6,15H,7-8H2,1-3H3/q-1. The van der Waals surface area contributed by atoms with E-state index in [-0.39, 0.29) is 16.3 Å². The number of benzene rings is 1. The SMILES string of the molecule is COc1cc(N([O-])O)ccc1B1OCC(C)(C)CO1. The third-order valence-corrected chi connectivity index (χ3v) is 2.94. The normalized spacial score (nSPS) is 18.3. The van der Waals surface area contributed by atoms with Crippen molar-refractivity contribution in [2.45, 2.75) is 13.8 Å². The van der Waals surface area contributed by atoms with Gasteiger partial charge in [-0.25, -0.2) is 0 Å². The zero-order chi connectivity index (χ0) is 14.0. The fourth-order valence-electron chi connectivity index (χ4n) is 1.89. The van der Waals surface area contributed by atoms with Crippen LogP contribution in [0.1, 0.15) is 13.8 Å². The second kappa shape index (κ2) is 5.38. The molecule has 0 aliphatic carbocycles. The lowest BCUT2D eigenvalue weighted by atomic mass is 9.75. The third kappa shape index (κ3) is 3.19. The number of rotatable bonds is 3. The molecule has 6 nitrogen and oxygen atoms in total. The van der Waals surface area contributed by atoms with Crippen molar-refractivity contribution in [1.82, 2.24) is 0 Å². The molecule has 0 bridgehead atoms. The number of anilines is 1. The fraction of sp³-hybridized carbons (Fsp3) is 0.500. The summed E-state index contributed by atoms with van der Waals surface area (Å²) >= 11 is 0. The molecule has 1 heterocycles. The Morgan fingerprint density at radius 2 is 2.00 bits per heavy atom. The lowest BCUT2D eigenvalue weighted by Gasteiger charge is -2.33. The van der Waals surface area contributed by atoms with Crippen molar-refractivity contribution in [2.75, 3.05) is 25.6 Å². The molecule has 1 fully saturated rings. The monoisotopic (exact) mass is 266 g/mol. The maximum Gasteiger partial charge on any atom is 0.497 e. The summed E-state index contributed by atoms with van der Waals surface area (Å²) in [5, 5.41) is 19.5. The summed E-state index contributed by atoms with van der Waals surface area (Å²) in [5.41, 5.74) is 0.779. The molecule has 0 spiro atoms. The molecule has 1 aromatic rings. The minimum atomic E-state index is -0.518. The predicted molar refractivity (Wildman–Crippen MR) is 71.7 cm³/mol. The van der Waals surface area contributed by atoms with E-state index in [0.29, 0.717) is 24.4 Å². The minimum absolute atomic E-state index is 0.0133. The van der Waals surface area contributed by atoms with Crippen molar-refractivity contribution in [3.8, 4) is 5.75 Å². The van der Waals surface area contributed by atoms with E-state index in [4.69, 9.17) is 19.3 Å². The molecule has 1 saturated heterocycles. The third-order valence-electron chi connectivity index (χ3n) is 2.94. The van der Waals surface area contributed by atoms with E-state index >= 15 is 0 Å². The van der Waals surface area contributed by atoms with Gasteiger partial charge in [0.15, 0.2) is 0 Å². The number of nitrogens with zero attached hydrogens (tertiary/aromatic N) is 1. The molecule has 2 rings (SSSR count). The van der Waals surface area contributed by atoms with Crippen molar-refractivity contribution < 1.29 is 19.3 Å². The van der Waals surface area contributed by atoms with E-state index in [1.165, 1.54) is 19.2 Å². The summed E-state index contributed by atoms with van der Waals surface area (Å²) in [6.07, 6.45) is 0. The van der Waals surface area contributed by atoms with Gasteiger partial charge in [-0.1, -0.05) is 19.9 Å². The number of methoxy groups -OCH3 is 1. The van der Waals surface area contributed by atoms with Gasteiger partial charge in [0.1, 0.15) is 5.75 Å². The van der Waals surface area contributed by atoms with Crippen LogP contribution < -0.4 is 15.4 Å². The van der Waals surface area contributed by atoms with Crippen molar-refractivity contribution >= 4 is 18.3 Å². The Morgan fingerprint density at radius 3 is 2.53 bits per heavy atom. The molecule has 19 heavy (non-hydrogen) atoms. The van der Waals surface area contributed by atoms with Crippen LogP contribution in [0.25, 0.3) is 0 Å². The second-order valence-electron chi connectivity index (χ2n) is 5.32. The summed E-state index contributed by atoms with van der Waals surface area (Å²) in [6, 6.07) is 4.57. The van der Waals surface area contributed by atoms with Crippen molar-refractivity contribution in [3.63, 3.8) is 0 Å². The molecule has 1 N–H and O–H groups in total. The van der Waals surface area contributed by atoms with E-state index in [2.05, 4.69) is 13.8 Å². The van der Waals surface area contributed by atoms with Crippen LogP contribution in [0.4, 0.5) is 5.69 Å². The molecule has 0 atom stereocenters. The van der Waals surface area contributed by atoms with Gasteiger partial charge in [0.2, 0.25) is 0 Å². The summed E-state index contributed by atoms with van der Waals surface area (Å²) in [5.74, 6) is 0.442. The highest BCUT2D eigenvalue weighted by atomic mass is 16.8. The molecule has 1 aliphatic rings. The van der Waals surface area contributed by atoms with Crippen LogP contribution in [0.2, 0.25) is 0 Å². The molecule has 7 heteroatoms. The van der Waals surface area contributed by atoms with Gasteiger partial charge in [-0.3, -0.25) is 5.21 Å². The summed E-state index contributed by atoms with van der Waals surface area (Å²) in [6.45, 7) is 5.28. The van der Waals surface area contributed by atoms with Gasteiger partial charge in [0, 0.05) is 30.2 Å². The van der Waals surface area contributed by atoms with E-state index in [9.17, 15) is 5.21 Å². The molecule has 0 saturated carbocycles. The highest BCUT2D eigenvalue weighted by Crippen LogP contribution is 2.24. The van der Waals surface area contributed by atoms with Crippen LogP contribution in [0.3, 0.4) is 0 Å². The molecule has 0 unspecified atom stereocenters. The lowest BCUT2D eigenvalue weighted by Crippen LogP contribution is -2.47. The molecule has 0 amide bonds. The quantitative estimate of drug-likeness (QED) is 0.653. The number of hydrogen-bond acceptors (Lipinski definition) is 6. The predicted octanol–water partition coefficient (Wildman–Crippen LogP) is 1.16. The zero-order valence-corrected chi connectivity index (χ0v) is 11.3. The van der Waals surface area contributed by atoms with Crippen LogP contribution >= 0.6 is 0 Å². The van der Waals surface area contributed by atoms with Crippen LogP contribution in [0.5, 0.6) is 5.75 Å². The Morgan fingerprint density at radius 1 is 1.37 bits per heavy atom. The maximum absolute atomic E-state index is 10.8. The van der Waals surface area contributed by atoms with Crippen LogP contribution in [-0.2, 0) is 9.31 Å². The Hall–Kier alpha value is -1.28. The summed E-state index contributed by atoms with van der Waals surface area (Å²) < 4.78 is 16.5. The molecular formula is C12H17BNO5-. The Kier molecular flexibility index (Phi) is 4.00. The first kappa shape index (κ1) is 14.1. The highest BCUT2D eigenvalue weighted by Gasteiger charge is 2.35. The van der Waals surface area contributed by atoms with Gasteiger partial charge in [-0.15, -0.1) is 0 Å². The Labute approximate surface area is 112 Å². The van der Waals surface area contributed by atoms with Gasteiger partial charge in [0.05, 0.1) is 12.8 Å². The van der Waals surface area contributed by atoms with Gasteiger partial charge in [-0.2, -0.15) is 0 Å². The maximum atomic E-state index is 10.8. The molecule has 104 valence electrons. The average Bonchev–Trinajstić information content (AvgIpc) is 2.38. The van der Waals surface area contributed by atoms with Crippen molar-refractivity contribution in [2.24, 2.45) is 5.41 Å². The van der Waals surface area contributed by atoms with Crippen molar-refractivity contribution in [1.29, 1.82) is 0 Å². The first-order valence-electron chi connectivity index (χ1n) is 6.00. The Balaban J connectivity index is 2.21. The first-order chi connectivity index (χ1) is 8.93. The second-order valence-corrected chi connectivity index (χ2v) is 5.32. The van der Waals surface area contributed by atoms with Gasteiger partial charge in [-0.05, 0) is 6.07 Å². The number of ether oxygens (including phenoxy) is 1. The molecule has 0 radical (unpaired) electrons. The molecule has 1 aliphatic heterocycles. The van der Waals surface area contributed by atoms with E-state index in [1.54, 1.807) is 6.07 Å². The summed E-state index contributed by atoms with van der Waals surface area (Å²) in [7, 11) is 0.970. The van der Waals surface area contributed by atoms with E-state index in [0.717, 1.165) is 0 Å². The number of hydrogen-bond donors (Lipinski definition) is 1. The van der Waals surface area contributed by atoms with Crippen LogP contribution in [0, 0.1) is 10.6 Å². The highest BCUT2D eigenvalue weighted by molar-refractivity contribution is 6.62. The lowest BCUT2D eigenvalue weighted by molar-refractivity contribution is 0.0341. The largest absolute Gasteiger partial charge is 0.733 e. The smallest absolute Gasteiger partial charge is 0.497 e. The van der Waals surface area contributed by atoms with Crippen LogP contribution in [-0.4, -0.2) is 32.6 Å². The van der Waals surface area contributed by atoms with Crippen molar-refractivity contribution in [3.05, 3.63) is 23.4 Å². The van der Waals surface area contributed by atoms with Gasteiger partial charge >= 0.3 is 7.12 Å². The Bertz CT molecular complexity index is 442. The van der Waals surface area contributed by atoms with Gasteiger partial charge < -0.3 is 24.5 Å². The first-order valence-corrected chi connectivity index (χ1v) is 6.00. The minimum Gasteiger partial charge on any atom is -0.733 e. The fourth-order valence-corrected chi connectivity index (χ4v) is 1.89. The topological polar surface area (TPSA) is 74.2 Å². The van der Waals surface area contributed by atoms with Crippen LogP contribution in [0.15, 0.2) is 18.2 Å². The average molecular weight is 266 g/mol. The van der Waals surface area contributed by atoms with E-state index < -0.39 is 7.12 Å². The summed E-state index contributed by atoms with van der Waals surface area (Å²) in [4.78, 5) is 0.